The number of carbonyl (C=O) groups is 1. The third-order valence-corrected chi connectivity index (χ3v) is 2.44. The van der Waals surface area contributed by atoms with Crippen LogP contribution >= 0.6 is 0 Å². The zero-order chi connectivity index (χ0) is 16.6. The summed E-state index contributed by atoms with van der Waals surface area (Å²) in [6.45, 7) is 0. The fraction of sp³-hybridized carbons (Fsp3) is 0. The first kappa shape index (κ1) is 15.3. The molecule has 0 aliphatic carbocycles. The van der Waals surface area contributed by atoms with E-state index in [9.17, 15) is 36.9 Å². The zero-order valence-electron chi connectivity index (χ0n) is 10.1. The Morgan fingerprint density at radius 1 is 1.09 bits per heavy atom. The molecule has 2 aromatic rings. The van der Waals surface area contributed by atoms with E-state index in [0.717, 1.165) is 0 Å². The van der Waals surface area contributed by atoms with Crippen LogP contribution in [-0.2, 0) is 0 Å². The Morgan fingerprint density at radius 2 is 1.59 bits per heavy atom. The van der Waals surface area contributed by atoms with Crippen LogP contribution in [0.4, 0.5) is 33.5 Å². The van der Waals surface area contributed by atoms with Gasteiger partial charge in [0.05, 0.1) is 6.07 Å². The smallest absolute Gasteiger partial charge is 0.343 e. The number of nitrogens with zero attached hydrogens (tertiary/aromatic N) is 2. The second-order valence-corrected chi connectivity index (χ2v) is 3.79. The molecule has 0 saturated heterocycles. The highest BCUT2D eigenvalue weighted by Gasteiger charge is 2.28. The van der Waals surface area contributed by atoms with E-state index in [1.165, 1.54) is 5.32 Å². The molecule has 0 aliphatic rings. The number of carbonyl (C=O) groups excluding carboxylic acids is 1. The van der Waals surface area contributed by atoms with Gasteiger partial charge in [0.1, 0.15) is 5.69 Å². The molecule has 0 atom stereocenters. The predicted octanol–water partition coefficient (Wildman–Crippen LogP) is 2.27. The molecule has 0 radical (unpaired) electrons. The van der Waals surface area contributed by atoms with Crippen LogP contribution < -0.4 is 5.32 Å². The van der Waals surface area contributed by atoms with Gasteiger partial charge in [0.2, 0.25) is 5.82 Å². The number of hydrogen-bond acceptors (Lipinski definition) is 4. The summed E-state index contributed by atoms with van der Waals surface area (Å²) < 4.78 is 65.4. The number of rotatable bonds is 3. The summed E-state index contributed by atoms with van der Waals surface area (Å²) in [6, 6.07) is 0.612. The number of hydrogen-bond donors (Lipinski definition) is 2. The normalized spacial score (nSPS) is 10.6. The summed E-state index contributed by atoms with van der Waals surface area (Å²) in [6.07, 6.45) is 0. The van der Waals surface area contributed by atoms with Gasteiger partial charge in [-0.2, -0.15) is 0 Å². The third kappa shape index (κ3) is 2.45. The molecule has 0 fully saturated rings. The van der Waals surface area contributed by atoms with Gasteiger partial charge in [-0.05, 0) is 4.92 Å². The van der Waals surface area contributed by atoms with Gasteiger partial charge in [0.25, 0.3) is 5.91 Å². The Bertz CT molecular complexity index is 762. The largest absolute Gasteiger partial charge is 0.358 e. The molecule has 1 aromatic heterocycles. The summed E-state index contributed by atoms with van der Waals surface area (Å²) >= 11 is 0. The van der Waals surface area contributed by atoms with Crippen molar-refractivity contribution in [1.29, 1.82) is 0 Å². The van der Waals surface area contributed by atoms with Gasteiger partial charge in [-0.1, -0.05) is 5.10 Å². The Labute approximate surface area is 116 Å². The minimum Gasteiger partial charge on any atom is -0.358 e. The van der Waals surface area contributed by atoms with E-state index in [-0.39, 0.29) is 0 Å². The first-order valence-electron chi connectivity index (χ1n) is 5.26. The van der Waals surface area contributed by atoms with Crippen LogP contribution in [0.15, 0.2) is 6.07 Å². The summed E-state index contributed by atoms with van der Waals surface area (Å²) in [5.74, 6) is -13.5. The minimum absolute atomic E-state index is 0.612. The van der Waals surface area contributed by atoms with Crippen LogP contribution in [0.25, 0.3) is 0 Å². The minimum atomic E-state index is -2.39. The molecular formula is C10H3F5N4O3. The van der Waals surface area contributed by atoms with Gasteiger partial charge in [-0.15, -0.1) is 5.10 Å². The molecule has 7 nitrogen and oxygen atoms in total. The van der Waals surface area contributed by atoms with Gasteiger partial charge in [0, 0.05) is 0 Å². The Hall–Kier alpha value is -3.05. The van der Waals surface area contributed by atoms with E-state index in [0.29, 0.717) is 6.07 Å². The number of nitro groups is 1. The first-order chi connectivity index (χ1) is 10.2. The maximum atomic E-state index is 13.3. The summed E-state index contributed by atoms with van der Waals surface area (Å²) in [5.41, 5.74) is -2.28. The topological polar surface area (TPSA) is 101 Å². The van der Waals surface area contributed by atoms with Crippen molar-refractivity contribution >= 4 is 17.4 Å². The molecule has 116 valence electrons. The van der Waals surface area contributed by atoms with Crippen molar-refractivity contribution in [2.24, 2.45) is 0 Å². The second kappa shape index (κ2) is 5.38. The van der Waals surface area contributed by atoms with Crippen LogP contribution in [0.5, 0.6) is 0 Å². The molecule has 1 aromatic carbocycles. The van der Waals surface area contributed by atoms with Crippen LogP contribution in [0.3, 0.4) is 0 Å². The molecular weight excluding hydrogens is 319 g/mol. The molecule has 0 spiro atoms. The lowest BCUT2D eigenvalue weighted by molar-refractivity contribution is -0.389. The number of amides is 1. The number of H-pyrrole nitrogens is 1. The van der Waals surface area contributed by atoms with E-state index < -0.39 is 57.1 Å². The quantitative estimate of drug-likeness (QED) is 0.297. The molecule has 1 amide bonds. The molecule has 2 N–H and O–H groups in total. The first-order valence-corrected chi connectivity index (χ1v) is 5.26. The van der Waals surface area contributed by atoms with E-state index in [4.69, 9.17) is 0 Å². The van der Waals surface area contributed by atoms with Crippen molar-refractivity contribution in [3.63, 3.8) is 0 Å². The van der Waals surface area contributed by atoms with E-state index >= 15 is 0 Å². The Kier molecular flexibility index (Phi) is 3.75. The summed E-state index contributed by atoms with van der Waals surface area (Å²) in [5, 5.41) is 16.8. The fourth-order valence-corrected chi connectivity index (χ4v) is 1.41. The molecule has 0 bridgehead atoms. The third-order valence-electron chi connectivity index (χ3n) is 2.44. The van der Waals surface area contributed by atoms with Crippen LogP contribution in [0.2, 0.25) is 0 Å². The molecule has 0 saturated carbocycles. The van der Waals surface area contributed by atoms with Crippen molar-refractivity contribution in [2.45, 2.75) is 0 Å². The second-order valence-electron chi connectivity index (χ2n) is 3.79. The van der Waals surface area contributed by atoms with E-state index in [1.807, 2.05) is 5.10 Å². The van der Waals surface area contributed by atoms with Gasteiger partial charge >= 0.3 is 5.82 Å². The molecule has 22 heavy (non-hydrogen) atoms. The monoisotopic (exact) mass is 322 g/mol. The van der Waals surface area contributed by atoms with Gasteiger partial charge in [0.15, 0.2) is 29.0 Å². The van der Waals surface area contributed by atoms with Crippen LogP contribution in [-0.4, -0.2) is 21.0 Å². The highest BCUT2D eigenvalue weighted by atomic mass is 19.2. The summed E-state index contributed by atoms with van der Waals surface area (Å²) in [7, 11) is 0. The van der Waals surface area contributed by atoms with Crippen molar-refractivity contribution in [3.05, 3.63) is 51.0 Å². The molecule has 0 unspecified atom stereocenters. The summed E-state index contributed by atoms with van der Waals surface area (Å²) in [4.78, 5) is 21.0. The van der Waals surface area contributed by atoms with Crippen LogP contribution in [0.1, 0.15) is 10.5 Å². The van der Waals surface area contributed by atoms with Crippen LogP contribution in [0, 0.1) is 39.2 Å². The number of halogens is 5. The zero-order valence-corrected chi connectivity index (χ0v) is 10.1. The maximum absolute atomic E-state index is 13.3. The van der Waals surface area contributed by atoms with Gasteiger partial charge < -0.3 is 15.4 Å². The lowest BCUT2D eigenvalue weighted by Crippen LogP contribution is -2.17. The molecule has 0 aliphatic heterocycles. The lowest BCUT2D eigenvalue weighted by Gasteiger charge is -2.08. The van der Waals surface area contributed by atoms with Gasteiger partial charge in [-0.25, -0.2) is 22.0 Å². The van der Waals surface area contributed by atoms with Crippen molar-refractivity contribution in [2.75, 3.05) is 5.32 Å². The average molecular weight is 322 g/mol. The van der Waals surface area contributed by atoms with E-state index in [1.54, 1.807) is 0 Å². The van der Waals surface area contributed by atoms with E-state index in [2.05, 4.69) is 5.10 Å². The molecule has 2 rings (SSSR count). The molecule has 1 heterocycles. The number of aromatic nitrogens is 2. The number of aromatic amines is 1. The highest BCUT2D eigenvalue weighted by Crippen LogP contribution is 2.27. The fourth-order valence-electron chi connectivity index (χ4n) is 1.41. The number of nitrogens with one attached hydrogen (secondary N) is 2. The SMILES string of the molecule is O=C(Nc1c(F)c(F)c(F)c(F)c1F)c1cc([N+](=O)[O-])[nH]n1. The van der Waals surface area contributed by atoms with Crippen molar-refractivity contribution in [3.8, 4) is 0 Å². The van der Waals surface area contributed by atoms with Crippen molar-refractivity contribution in [1.82, 2.24) is 10.2 Å². The average Bonchev–Trinajstić information content (AvgIpc) is 2.97. The maximum Gasteiger partial charge on any atom is 0.343 e. The Morgan fingerprint density at radius 3 is 2.05 bits per heavy atom. The highest BCUT2D eigenvalue weighted by molar-refractivity contribution is 6.03. The van der Waals surface area contributed by atoms with Crippen molar-refractivity contribution < 1.29 is 31.7 Å². The lowest BCUT2D eigenvalue weighted by atomic mass is 10.2. The molecule has 12 heteroatoms. The number of benzene rings is 1. The predicted molar refractivity (Wildman–Crippen MR) is 59.4 cm³/mol. The Balaban J connectivity index is 2.38. The van der Waals surface area contributed by atoms with Gasteiger partial charge in [-0.3, -0.25) is 4.79 Å². The number of anilines is 1. The standard InChI is InChI=1S/C10H3F5N4O3/c11-4-5(12)7(14)9(8(15)6(4)13)16-10(20)2-1-3(18-17-2)19(21)22/h1H,(H,16,20)(H,17,18).